The second-order valence-electron chi connectivity index (χ2n) is 2.42. The summed E-state index contributed by atoms with van der Waals surface area (Å²) in [5.41, 5.74) is 1.84. The minimum atomic E-state index is 0.572. The van der Waals surface area contributed by atoms with E-state index in [-0.39, 0.29) is 0 Å². The van der Waals surface area contributed by atoms with Crippen LogP contribution in [-0.4, -0.2) is 25.6 Å². The van der Waals surface area contributed by atoms with Gasteiger partial charge in [-0.25, -0.2) is 0 Å². The molecular formula is C7H7N5. The van der Waals surface area contributed by atoms with Crippen LogP contribution >= 0.6 is 0 Å². The molecule has 0 saturated carbocycles. The van der Waals surface area contributed by atoms with E-state index in [0.29, 0.717) is 5.82 Å². The average molecular weight is 161 g/mol. The number of rotatable bonds is 1. The van der Waals surface area contributed by atoms with E-state index in [1.807, 2.05) is 19.1 Å². The quantitative estimate of drug-likeness (QED) is 0.663. The zero-order chi connectivity index (χ0) is 8.39. The van der Waals surface area contributed by atoms with Crippen LogP contribution < -0.4 is 0 Å². The van der Waals surface area contributed by atoms with Crippen LogP contribution in [0, 0.1) is 6.92 Å². The maximum Gasteiger partial charge on any atom is 0.206 e. The lowest BCUT2D eigenvalue weighted by molar-refractivity contribution is 0.881. The number of hydrogen-bond acceptors (Lipinski definition) is 4. The van der Waals surface area contributed by atoms with E-state index in [9.17, 15) is 0 Å². The predicted octanol–water partition coefficient (Wildman–Crippen LogP) is 0.570. The van der Waals surface area contributed by atoms with Gasteiger partial charge in [0.1, 0.15) is 0 Å². The fourth-order valence-electron chi connectivity index (χ4n) is 0.884. The number of aromatic nitrogens is 5. The number of aryl methyl sites for hydroxylation is 1. The molecule has 0 atom stereocenters. The van der Waals surface area contributed by atoms with Gasteiger partial charge in [-0.15, -0.1) is 10.2 Å². The molecule has 1 N–H and O–H groups in total. The summed E-state index contributed by atoms with van der Waals surface area (Å²) in [7, 11) is 0. The number of pyridine rings is 1. The van der Waals surface area contributed by atoms with Gasteiger partial charge in [-0.05, 0) is 24.3 Å². The molecule has 0 aromatic carbocycles. The van der Waals surface area contributed by atoms with Gasteiger partial charge in [0.25, 0.3) is 0 Å². The third kappa shape index (κ3) is 1.16. The molecule has 2 aromatic heterocycles. The van der Waals surface area contributed by atoms with E-state index in [1.54, 1.807) is 6.20 Å². The second-order valence-corrected chi connectivity index (χ2v) is 2.42. The third-order valence-corrected chi connectivity index (χ3v) is 1.51. The first-order chi connectivity index (χ1) is 5.86. The van der Waals surface area contributed by atoms with Gasteiger partial charge in [0.05, 0.1) is 0 Å². The van der Waals surface area contributed by atoms with Crippen molar-refractivity contribution in [1.82, 2.24) is 25.6 Å². The number of tetrazole rings is 1. The molecule has 0 spiro atoms. The van der Waals surface area contributed by atoms with Crippen LogP contribution in [0.25, 0.3) is 11.4 Å². The molecule has 12 heavy (non-hydrogen) atoms. The standard InChI is InChI=1S/C7H7N5/c1-5-2-3-6(4-8-5)7-9-11-12-10-7/h2-4H,1H3,(H,9,10,11,12). The summed E-state index contributed by atoms with van der Waals surface area (Å²) in [6.07, 6.45) is 1.72. The van der Waals surface area contributed by atoms with Gasteiger partial charge in [0.15, 0.2) is 0 Å². The smallest absolute Gasteiger partial charge is 0.206 e. The molecule has 5 heteroatoms. The lowest BCUT2D eigenvalue weighted by Crippen LogP contribution is -1.84. The Kier molecular flexibility index (Phi) is 1.55. The molecule has 0 aliphatic heterocycles. The highest BCUT2D eigenvalue weighted by Gasteiger charge is 2.00. The topological polar surface area (TPSA) is 67.3 Å². The van der Waals surface area contributed by atoms with Crippen LogP contribution in [0.1, 0.15) is 5.69 Å². The first-order valence-corrected chi connectivity index (χ1v) is 3.53. The van der Waals surface area contributed by atoms with Crippen molar-refractivity contribution in [3.8, 4) is 11.4 Å². The van der Waals surface area contributed by atoms with Crippen LogP contribution in [-0.2, 0) is 0 Å². The largest absolute Gasteiger partial charge is 0.261 e. The van der Waals surface area contributed by atoms with Crippen molar-refractivity contribution in [2.24, 2.45) is 0 Å². The number of nitrogens with one attached hydrogen (secondary N) is 1. The van der Waals surface area contributed by atoms with E-state index in [2.05, 4.69) is 25.6 Å². The lowest BCUT2D eigenvalue weighted by atomic mass is 10.2. The third-order valence-electron chi connectivity index (χ3n) is 1.51. The van der Waals surface area contributed by atoms with E-state index < -0.39 is 0 Å². The number of aromatic amines is 1. The fourth-order valence-corrected chi connectivity index (χ4v) is 0.884. The van der Waals surface area contributed by atoms with Crippen molar-refractivity contribution in [3.05, 3.63) is 24.0 Å². The van der Waals surface area contributed by atoms with Gasteiger partial charge < -0.3 is 0 Å². The Morgan fingerprint density at radius 2 is 2.25 bits per heavy atom. The number of H-pyrrole nitrogens is 1. The van der Waals surface area contributed by atoms with Crippen molar-refractivity contribution in [3.63, 3.8) is 0 Å². The Hall–Kier alpha value is -1.78. The fraction of sp³-hybridized carbons (Fsp3) is 0.143. The summed E-state index contributed by atoms with van der Waals surface area (Å²) < 4.78 is 0. The van der Waals surface area contributed by atoms with E-state index in [1.165, 1.54) is 0 Å². The minimum Gasteiger partial charge on any atom is -0.261 e. The monoisotopic (exact) mass is 161 g/mol. The van der Waals surface area contributed by atoms with Crippen molar-refractivity contribution in [1.29, 1.82) is 0 Å². The van der Waals surface area contributed by atoms with Crippen LogP contribution in [0.4, 0.5) is 0 Å². The maximum atomic E-state index is 4.11. The molecule has 2 heterocycles. The van der Waals surface area contributed by atoms with Crippen molar-refractivity contribution in [2.45, 2.75) is 6.92 Å². The van der Waals surface area contributed by atoms with Crippen molar-refractivity contribution in [2.75, 3.05) is 0 Å². The molecule has 60 valence electrons. The van der Waals surface area contributed by atoms with E-state index in [0.717, 1.165) is 11.3 Å². The van der Waals surface area contributed by atoms with Gasteiger partial charge in [-0.1, -0.05) is 0 Å². The summed E-state index contributed by atoms with van der Waals surface area (Å²) in [5.74, 6) is 0.572. The summed E-state index contributed by atoms with van der Waals surface area (Å²) in [6.45, 7) is 1.93. The Morgan fingerprint density at radius 1 is 1.33 bits per heavy atom. The highest BCUT2D eigenvalue weighted by atomic mass is 15.5. The minimum absolute atomic E-state index is 0.572. The molecule has 0 aliphatic rings. The Bertz CT molecular complexity index is 350. The van der Waals surface area contributed by atoms with Crippen LogP contribution in [0.5, 0.6) is 0 Å². The Morgan fingerprint density at radius 3 is 2.83 bits per heavy atom. The van der Waals surface area contributed by atoms with Gasteiger partial charge in [0.2, 0.25) is 5.82 Å². The molecule has 0 unspecified atom stereocenters. The predicted molar refractivity (Wildman–Crippen MR) is 42.1 cm³/mol. The lowest BCUT2D eigenvalue weighted by Gasteiger charge is -1.92. The van der Waals surface area contributed by atoms with Crippen LogP contribution in [0.2, 0.25) is 0 Å². The summed E-state index contributed by atoms with van der Waals surface area (Å²) in [4.78, 5) is 4.11. The molecule has 0 saturated heterocycles. The molecule has 0 bridgehead atoms. The van der Waals surface area contributed by atoms with E-state index >= 15 is 0 Å². The van der Waals surface area contributed by atoms with E-state index in [4.69, 9.17) is 0 Å². The zero-order valence-corrected chi connectivity index (χ0v) is 6.52. The molecule has 0 radical (unpaired) electrons. The van der Waals surface area contributed by atoms with Crippen LogP contribution in [0.15, 0.2) is 18.3 Å². The average Bonchev–Trinajstić information content (AvgIpc) is 2.58. The first kappa shape index (κ1) is 6.90. The highest BCUT2D eigenvalue weighted by molar-refractivity contribution is 5.51. The Labute approximate surface area is 68.8 Å². The second kappa shape index (κ2) is 2.69. The van der Waals surface area contributed by atoms with Crippen molar-refractivity contribution >= 4 is 0 Å². The van der Waals surface area contributed by atoms with Gasteiger partial charge in [-0.3, -0.25) is 4.98 Å². The Balaban J connectivity index is 2.43. The molecule has 0 fully saturated rings. The SMILES string of the molecule is Cc1ccc(-c2nn[nH]n2)cn1. The molecule has 0 aliphatic carbocycles. The molecule has 2 rings (SSSR count). The molecule has 0 amide bonds. The van der Waals surface area contributed by atoms with Crippen LogP contribution in [0.3, 0.4) is 0 Å². The summed E-state index contributed by atoms with van der Waals surface area (Å²) >= 11 is 0. The zero-order valence-electron chi connectivity index (χ0n) is 6.52. The number of nitrogens with zero attached hydrogens (tertiary/aromatic N) is 4. The number of hydrogen-bond donors (Lipinski definition) is 1. The van der Waals surface area contributed by atoms with Gasteiger partial charge >= 0.3 is 0 Å². The highest BCUT2D eigenvalue weighted by Crippen LogP contribution is 2.10. The molecule has 2 aromatic rings. The first-order valence-electron chi connectivity index (χ1n) is 3.53. The molecule has 5 nitrogen and oxygen atoms in total. The summed E-state index contributed by atoms with van der Waals surface area (Å²) in [6, 6.07) is 3.82. The van der Waals surface area contributed by atoms with Gasteiger partial charge in [0, 0.05) is 17.5 Å². The van der Waals surface area contributed by atoms with Crippen molar-refractivity contribution < 1.29 is 0 Å². The normalized spacial score (nSPS) is 10.1. The maximum absolute atomic E-state index is 4.11. The summed E-state index contributed by atoms with van der Waals surface area (Å²) in [5, 5.41) is 13.5. The van der Waals surface area contributed by atoms with Gasteiger partial charge in [-0.2, -0.15) is 5.21 Å². The molecular weight excluding hydrogens is 154 g/mol.